The Morgan fingerprint density at radius 2 is 1.53 bits per heavy atom. The van der Waals surface area contributed by atoms with Crippen LogP contribution in [0.15, 0.2) is 114 Å². The first-order valence-corrected chi connectivity index (χ1v) is 11.8. The molecule has 0 aliphatic carbocycles. The summed E-state index contributed by atoms with van der Waals surface area (Å²) in [7, 11) is 1.56. The fraction of sp³-hybridized carbons (Fsp3) is 0.0667. The van der Waals surface area contributed by atoms with Crippen LogP contribution in [0.1, 0.15) is 16.7 Å². The van der Waals surface area contributed by atoms with Gasteiger partial charge in [0.05, 0.1) is 23.4 Å². The maximum Gasteiger partial charge on any atom is 0.281 e. The molecule has 0 saturated carbocycles. The predicted octanol–water partition coefficient (Wildman–Crippen LogP) is 6.76. The molecule has 4 aromatic carbocycles. The molecule has 0 N–H and O–H groups in total. The van der Waals surface area contributed by atoms with E-state index in [2.05, 4.69) is 5.10 Å². The minimum atomic E-state index is -0.223. The molecular weight excluding hydrogens is 472 g/mol. The van der Waals surface area contributed by atoms with Crippen molar-refractivity contribution in [2.75, 3.05) is 12.1 Å². The molecule has 0 unspecified atom stereocenters. The Morgan fingerprint density at radius 1 is 0.889 bits per heavy atom. The molecule has 0 saturated heterocycles. The number of para-hydroxylation sites is 1. The van der Waals surface area contributed by atoms with E-state index in [0.29, 0.717) is 45.7 Å². The van der Waals surface area contributed by atoms with E-state index < -0.39 is 0 Å². The minimum Gasteiger partial charge on any atom is -0.493 e. The third-order valence-electron chi connectivity index (χ3n) is 5.71. The molecule has 0 bridgehead atoms. The highest BCUT2D eigenvalue weighted by molar-refractivity contribution is 6.37. The maximum absolute atomic E-state index is 13.5. The second-order valence-corrected chi connectivity index (χ2v) is 8.54. The molecule has 1 aliphatic rings. The Balaban J connectivity index is 1.51. The van der Waals surface area contributed by atoms with Crippen LogP contribution in [0.3, 0.4) is 0 Å². The van der Waals surface area contributed by atoms with Gasteiger partial charge in [-0.25, -0.2) is 0 Å². The first kappa shape index (κ1) is 23.4. The Bertz CT molecular complexity index is 1440. The van der Waals surface area contributed by atoms with Gasteiger partial charge in [-0.05, 0) is 41.5 Å². The molecule has 0 fully saturated rings. The molecule has 6 heteroatoms. The number of rotatable bonds is 7. The molecule has 178 valence electrons. The van der Waals surface area contributed by atoms with Crippen molar-refractivity contribution in [2.45, 2.75) is 6.61 Å². The molecule has 1 heterocycles. The SMILES string of the molecule is COc1cc(C=C2C(=O)N(c3ccccc3)N=C2c2ccccc2)cc(Cl)c1OCc1ccccc1. The van der Waals surface area contributed by atoms with E-state index in [-0.39, 0.29) is 5.91 Å². The lowest BCUT2D eigenvalue weighted by Crippen LogP contribution is -2.21. The van der Waals surface area contributed by atoms with E-state index >= 15 is 0 Å². The zero-order valence-electron chi connectivity index (χ0n) is 19.6. The molecule has 5 nitrogen and oxygen atoms in total. The summed E-state index contributed by atoms with van der Waals surface area (Å²) in [5.74, 6) is 0.708. The van der Waals surface area contributed by atoms with Gasteiger partial charge in [0.2, 0.25) is 0 Å². The number of nitrogens with zero attached hydrogens (tertiary/aromatic N) is 2. The highest BCUT2D eigenvalue weighted by Gasteiger charge is 2.32. The van der Waals surface area contributed by atoms with E-state index in [9.17, 15) is 4.79 Å². The van der Waals surface area contributed by atoms with Crippen LogP contribution in [-0.2, 0) is 11.4 Å². The van der Waals surface area contributed by atoms with Gasteiger partial charge in [-0.3, -0.25) is 4.79 Å². The molecule has 0 aromatic heterocycles. The minimum absolute atomic E-state index is 0.223. The summed E-state index contributed by atoms with van der Waals surface area (Å²) in [5.41, 5.74) is 4.30. The van der Waals surface area contributed by atoms with Crippen molar-refractivity contribution in [2.24, 2.45) is 5.10 Å². The van der Waals surface area contributed by atoms with Gasteiger partial charge < -0.3 is 9.47 Å². The number of hydrazone groups is 1. The van der Waals surface area contributed by atoms with Crippen LogP contribution in [0.5, 0.6) is 11.5 Å². The molecule has 5 rings (SSSR count). The summed E-state index contributed by atoms with van der Waals surface area (Å²) >= 11 is 6.62. The second-order valence-electron chi connectivity index (χ2n) is 8.13. The summed E-state index contributed by atoms with van der Waals surface area (Å²) in [4.78, 5) is 13.5. The summed E-state index contributed by atoms with van der Waals surface area (Å²) in [6, 6.07) is 32.4. The third-order valence-corrected chi connectivity index (χ3v) is 6.00. The van der Waals surface area contributed by atoms with E-state index in [4.69, 9.17) is 21.1 Å². The molecule has 1 amide bonds. The van der Waals surface area contributed by atoms with Crippen LogP contribution in [0.4, 0.5) is 5.69 Å². The molecule has 0 spiro atoms. The highest BCUT2D eigenvalue weighted by Crippen LogP contribution is 2.38. The fourth-order valence-corrected chi connectivity index (χ4v) is 4.23. The van der Waals surface area contributed by atoms with Crippen molar-refractivity contribution >= 4 is 35.0 Å². The van der Waals surface area contributed by atoms with E-state index in [1.54, 1.807) is 25.3 Å². The van der Waals surface area contributed by atoms with Gasteiger partial charge in [-0.1, -0.05) is 90.5 Å². The number of amides is 1. The standard InChI is InChI=1S/C30H23ClN2O3/c1-35-27-19-22(18-26(31)29(27)36-20-21-11-5-2-6-12-21)17-25-28(23-13-7-3-8-14-23)32-33(30(25)34)24-15-9-4-10-16-24/h2-19H,20H2,1H3. The van der Waals surface area contributed by atoms with E-state index in [1.807, 2.05) is 91.0 Å². The van der Waals surface area contributed by atoms with Crippen LogP contribution in [0.25, 0.3) is 6.08 Å². The maximum atomic E-state index is 13.5. The van der Waals surface area contributed by atoms with E-state index in [1.165, 1.54) is 5.01 Å². The lowest BCUT2D eigenvalue weighted by atomic mass is 10.00. The lowest BCUT2D eigenvalue weighted by molar-refractivity contribution is -0.114. The number of ether oxygens (including phenoxy) is 2. The van der Waals surface area contributed by atoms with Crippen molar-refractivity contribution in [1.29, 1.82) is 0 Å². The van der Waals surface area contributed by atoms with Crippen molar-refractivity contribution in [1.82, 2.24) is 0 Å². The first-order valence-electron chi connectivity index (χ1n) is 11.4. The zero-order valence-corrected chi connectivity index (χ0v) is 20.4. The first-order chi connectivity index (χ1) is 17.6. The highest BCUT2D eigenvalue weighted by atomic mass is 35.5. The van der Waals surface area contributed by atoms with Gasteiger partial charge in [0, 0.05) is 5.56 Å². The molecule has 1 aliphatic heterocycles. The Labute approximate surface area is 214 Å². The Hall–Kier alpha value is -4.35. The number of methoxy groups -OCH3 is 1. The van der Waals surface area contributed by atoms with Crippen molar-refractivity contribution in [3.8, 4) is 11.5 Å². The second kappa shape index (κ2) is 10.5. The van der Waals surface area contributed by atoms with Crippen LogP contribution < -0.4 is 14.5 Å². The van der Waals surface area contributed by atoms with Gasteiger partial charge >= 0.3 is 0 Å². The largest absolute Gasteiger partial charge is 0.493 e. The molecular formula is C30H23ClN2O3. The van der Waals surface area contributed by atoms with Crippen molar-refractivity contribution in [3.05, 3.63) is 130 Å². The molecule has 36 heavy (non-hydrogen) atoms. The van der Waals surface area contributed by atoms with Gasteiger partial charge in [0.25, 0.3) is 5.91 Å². The summed E-state index contributed by atoms with van der Waals surface area (Å²) in [6.07, 6.45) is 1.78. The number of carbonyl (C=O) groups excluding carboxylic acids is 1. The topological polar surface area (TPSA) is 51.1 Å². The number of carbonyl (C=O) groups is 1. The number of halogens is 1. The summed E-state index contributed by atoms with van der Waals surface area (Å²) in [6.45, 7) is 0.354. The molecule has 0 atom stereocenters. The summed E-state index contributed by atoms with van der Waals surface area (Å²) < 4.78 is 11.6. The molecule has 4 aromatic rings. The van der Waals surface area contributed by atoms with Crippen LogP contribution in [-0.4, -0.2) is 18.7 Å². The van der Waals surface area contributed by atoms with Gasteiger partial charge in [-0.2, -0.15) is 10.1 Å². The van der Waals surface area contributed by atoms with Gasteiger partial charge in [0.1, 0.15) is 12.3 Å². The normalized spacial score (nSPS) is 14.2. The number of hydrogen-bond donors (Lipinski definition) is 0. The van der Waals surface area contributed by atoms with E-state index in [0.717, 1.165) is 11.1 Å². The monoisotopic (exact) mass is 494 g/mol. The Morgan fingerprint density at radius 3 is 2.19 bits per heavy atom. The molecule has 0 radical (unpaired) electrons. The van der Waals surface area contributed by atoms with Crippen LogP contribution in [0.2, 0.25) is 5.02 Å². The smallest absolute Gasteiger partial charge is 0.281 e. The number of hydrogen-bond acceptors (Lipinski definition) is 4. The quantitative estimate of drug-likeness (QED) is 0.267. The van der Waals surface area contributed by atoms with Gasteiger partial charge in [0.15, 0.2) is 11.5 Å². The predicted molar refractivity (Wildman–Crippen MR) is 144 cm³/mol. The van der Waals surface area contributed by atoms with Crippen LogP contribution in [0, 0.1) is 0 Å². The van der Waals surface area contributed by atoms with Crippen LogP contribution >= 0.6 is 11.6 Å². The zero-order chi connectivity index (χ0) is 24.9. The number of benzene rings is 4. The average Bonchev–Trinajstić information content (AvgIpc) is 3.25. The summed E-state index contributed by atoms with van der Waals surface area (Å²) in [5, 5.41) is 6.49. The van der Waals surface area contributed by atoms with Crippen molar-refractivity contribution < 1.29 is 14.3 Å². The fourth-order valence-electron chi connectivity index (χ4n) is 3.96. The van der Waals surface area contributed by atoms with Gasteiger partial charge in [-0.15, -0.1) is 0 Å². The lowest BCUT2D eigenvalue weighted by Gasteiger charge is -2.14. The van der Waals surface area contributed by atoms with Crippen molar-refractivity contribution in [3.63, 3.8) is 0 Å². The Kier molecular flexibility index (Phi) is 6.83. The average molecular weight is 495 g/mol. The third kappa shape index (κ3) is 4.88. The number of anilines is 1.